The largest absolute Gasteiger partial charge is 0.0730 e. The zero-order valence-corrected chi connectivity index (χ0v) is 16.1. The van der Waals surface area contributed by atoms with Gasteiger partial charge in [0.15, 0.2) is 0 Å². The molecule has 2 fully saturated rings. The molecule has 0 heteroatoms. The second-order valence-electron chi connectivity index (χ2n) is 8.15. The molecule has 0 amide bonds. The van der Waals surface area contributed by atoms with Crippen molar-refractivity contribution in [3.8, 4) is 11.8 Å². The van der Waals surface area contributed by atoms with E-state index in [1.54, 1.807) is 0 Å². The van der Waals surface area contributed by atoms with E-state index in [0.717, 1.165) is 23.7 Å². The van der Waals surface area contributed by atoms with Crippen LogP contribution in [0.15, 0.2) is 24.3 Å². The highest BCUT2D eigenvalue weighted by Gasteiger charge is 2.19. The van der Waals surface area contributed by atoms with Crippen LogP contribution in [0.3, 0.4) is 0 Å². The summed E-state index contributed by atoms with van der Waals surface area (Å²) in [7, 11) is 0. The molecule has 0 aromatic rings. The molecule has 0 heterocycles. The van der Waals surface area contributed by atoms with Gasteiger partial charge in [-0.3, -0.25) is 0 Å². The molecule has 134 valence electrons. The average Bonchev–Trinajstić information content (AvgIpc) is 2.61. The average molecular weight is 327 g/mol. The van der Waals surface area contributed by atoms with Crippen molar-refractivity contribution in [1.82, 2.24) is 0 Å². The highest BCUT2D eigenvalue weighted by atomic mass is 14.2. The molecule has 24 heavy (non-hydrogen) atoms. The monoisotopic (exact) mass is 326 g/mol. The van der Waals surface area contributed by atoms with E-state index in [9.17, 15) is 0 Å². The minimum Gasteiger partial charge on any atom is -0.0730 e. The highest BCUT2D eigenvalue weighted by Crippen LogP contribution is 2.32. The maximum atomic E-state index is 3.22. The predicted molar refractivity (Wildman–Crippen MR) is 107 cm³/mol. The minimum absolute atomic E-state index is 0.783. The summed E-state index contributed by atoms with van der Waals surface area (Å²) >= 11 is 0. The highest BCUT2D eigenvalue weighted by molar-refractivity contribution is 5.24. The molecule has 2 rings (SSSR count). The number of hydrogen-bond acceptors (Lipinski definition) is 0. The van der Waals surface area contributed by atoms with Crippen LogP contribution in [-0.4, -0.2) is 0 Å². The Morgan fingerprint density at radius 3 is 1.33 bits per heavy atom. The third-order valence-electron chi connectivity index (χ3n) is 6.16. The van der Waals surface area contributed by atoms with Crippen LogP contribution in [0, 0.1) is 35.5 Å². The standard InChI is InChI=1S/C24H38/c1-3-9-21-13-17-23(18-14-21)11-7-5-6-8-12-24-19-15-22(10-4-2)16-20-24/h7-8,11-12,21-24H,3-4,9-10,13-20H2,1-2H3/b11-7+,12-8+. The zero-order valence-electron chi connectivity index (χ0n) is 16.1. The van der Waals surface area contributed by atoms with Gasteiger partial charge in [-0.15, -0.1) is 0 Å². The molecule has 0 unspecified atom stereocenters. The van der Waals surface area contributed by atoms with Crippen molar-refractivity contribution in [1.29, 1.82) is 0 Å². The molecule has 0 aromatic heterocycles. The van der Waals surface area contributed by atoms with Crippen molar-refractivity contribution in [3.63, 3.8) is 0 Å². The van der Waals surface area contributed by atoms with Gasteiger partial charge in [0.1, 0.15) is 0 Å². The van der Waals surface area contributed by atoms with E-state index in [-0.39, 0.29) is 0 Å². The first kappa shape index (κ1) is 19.4. The molecule has 0 aliphatic heterocycles. The van der Waals surface area contributed by atoms with Crippen LogP contribution in [0.2, 0.25) is 0 Å². The summed E-state index contributed by atoms with van der Waals surface area (Å²) in [6.07, 6.45) is 25.7. The SMILES string of the molecule is CCCC1CCC(/C=C/C#C/C=C/C2CCC(CCC)CC2)CC1. The Morgan fingerprint density at radius 1 is 0.625 bits per heavy atom. The molecule has 0 radical (unpaired) electrons. The number of rotatable bonds is 6. The first-order valence-corrected chi connectivity index (χ1v) is 10.7. The Balaban J connectivity index is 1.62. The van der Waals surface area contributed by atoms with Crippen LogP contribution in [0.5, 0.6) is 0 Å². The first-order chi connectivity index (χ1) is 11.8. The molecule has 0 nitrogen and oxygen atoms in total. The van der Waals surface area contributed by atoms with E-state index >= 15 is 0 Å². The van der Waals surface area contributed by atoms with Crippen molar-refractivity contribution in [2.75, 3.05) is 0 Å². The van der Waals surface area contributed by atoms with E-state index in [0.29, 0.717) is 0 Å². The van der Waals surface area contributed by atoms with Crippen LogP contribution in [0.25, 0.3) is 0 Å². The van der Waals surface area contributed by atoms with Crippen molar-refractivity contribution < 1.29 is 0 Å². The van der Waals surface area contributed by atoms with E-state index in [2.05, 4.69) is 50.0 Å². The molecule has 0 saturated heterocycles. The second kappa shape index (κ2) is 11.6. The van der Waals surface area contributed by atoms with Crippen LogP contribution < -0.4 is 0 Å². The van der Waals surface area contributed by atoms with E-state index in [1.165, 1.54) is 77.0 Å². The van der Waals surface area contributed by atoms with Gasteiger partial charge in [0, 0.05) is 0 Å². The lowest BCUT2D eigenvalue weighted by Gasteiger charge is -2.26. The van der Waals surface area contributed by atoms with Gasteiger partial charge >= 0.3 is 0 Å². The zero-order chi connectivity index (χ0) is 17.0. The molecule has 0 spiro atoms. The van der Waals surface area contributed by atoms with Gasteiger partial charge in [-0.25, -0.2) is 0 Å². The van der Waals surface area contributed by atoms with Gasteiger partial charge < -0.3 is 0 Å². The van der Waals surface area contributed by atoms with E-state index < -0.39 is 0 Å². The van der Waals surface area contributed by atoms with Gasteiger partial charge in [0.25, 0.3) is 0 Å². The van der Waals surface area contributed by atoms with E-state index in [4.69, 9.17) is 0 Å². The Bertz CT molecular complexity index is 388. The van der Waals surface area contributed by atoms with Crippen molar-refractivity contribution >= 4 is 0 Å². The van der Waals surface area contributed by atoms with Crippen molar-refractivity contribution in [3.05, 3.63) is 24.3 Å². The molecule has 0 atom stereocenters. The predicted octanol–water partition coefficient (Wildman–Crippen LogP) is 7.32. The third kappa shape index (κ3) is 7.29. The minimum atomic E-state index is 0.783. The lowest BCUT2D eigenvalue weighted by Crippen LogP contribution is -2.12. The molecular formula is C24H38. The lowest BCUT2D eigenvalue weighted by molar-refractivity contribution is 0.294. The van der Waals surface area contributed by atoms with Gasteiger partial charge in [-0.2, -0.15) is 0 Å². The molecule has 2 aliphatic carbocycles. The third-order valence-corrected chi connectivity index (χ3v) is 6.16. The maximum absolute atomic E-state index is 3.22. The lowest BCUT2D eigenvalue weighted by atomic mass is 9.80. The molecule has 0 bridgehead atoms. The maximum Gasteiger partial charge on any atom is -0.0153 e. The smallest absolute Gasteiger partial charge is 0.0153 e. The second-order valence-corrected chi connectivity index (χ2v) is 8.15. The number of hydrogen-bond donors (Lipinski definition) is 0. The Morgan fingerprint density at radius 2 is 1.00 bits per heavy atom. The molecule has 0 aromatic carbocycles. The molecule has 2 aliphatic rings. The van der Waals surface area contributed by atoms with E-state index in [1.807, 2.05) is 0 Å². The van der Waals surface area contributed by atoms with Crippen molar-refractivity contribution in [2.24, 2.45) is 23.7 Å². The van der Waals surface area contributed by atoms with Crippen LogP contribution >= 0.6 is 0 Å². The molecular weight excluding hydrogens is 288 g/mol. The van der Waals surface area contributed by atoms with Gasteiger partial charge in [0.2, 0.25) is 0 Å². The molecule has 2 saturated carbocycles. The summed E-state index contributed by atoms with van der Waals surface area (Å²) in [6.45, 7) is 4.62. The topological polar surface area (TPSA) is 0 Å². The van der Waals surface area contributed by atoms with Crippen LogP contribution in [0.4, 0.5) is 0 Å². The number of allylic oxidation sites excluding steroid dienone is 4. The summed E-state index contributed by atoms with van der Waals surface area (Å²) in [4.78, 5) is 0. The summed E-state index contributed by atoms with van der Waals surface area (Å²) in [5.41, 5.74) is 0. The fraction of sp³-hybridized carbons (Fsp3) is 0.750. The van der Waals surface area contributed by atoms with Gasteiger partial charge in [-0.1, -0.05) is 63.5 Å². The first-order valence-electron chi connectivity index (χ1n) is 10.7. The van der Waals surface area contributed by atoms with Gasteiger partial charge in [0.05, 0.1) is 0 Å². The summed E-state index contributed by atoms with van der Waals surface area (Å²) < 4.78 is 0. The van der Waals surface area contributed by atoms with Crippen LogP contribution in [0.1, 0.15) is 90.9 Å². The normalized spacial score (nSPS) is 31.2. The fourth-order valence-corrected chi connectivity index (χ4v) is 4.62. The molecule has 0 N–H and O–H groups in total. The Kier molecular flexibility index (Phi) is 9.34. The van der Waals surface area contributed by atoms with Crippen molar-refractivity contribution in [2.45, 2.75) is 90.9 Å². The van der Waals surface area contributed by atoms with Gasteiger partial charge in [-0.05, 0) is 87.2 Å². The summed E-state index contributed by atoms with van der Waals surface area (Å²) in [5, 5.41) is 0. The Labute approximate surface area is 151 Å². The summed E-state index contributed by atoms with van der Waals surface area (Å²) in [6, 6.07) is 0. The Hall–Kier alpha value is -0.960. The summed E-state index contributed by atoms with van der Waals surface area (Å²) in [5.74, 6) is 10.0. The quantitative estimate of drug-likeness (QED) is 0.449. The van der Waals surface area contributed by atoms with Crippen LogP contribution in [-0.2, 0) is 0 Å². The fourth-order valence-electron chi connectivity index (χ4n) is 4.62.